The molecule has 0 aliphatic heterocycles. The lowest BCUT2D eigenvalue weighted by atomic mass is 10.4. The average molecular weight is 195 g/mol. The van der Waals surface area contributed by atoms with Crippen molar-refractivity contribution in [3.8, 4) is 5.88 Å². The Morgan fingerprint density at radius 1 is 1.54 bits per heavy atom. The minimum absolute atomic E-state index is 0.0897. The Bertz CT molecular complexity index is 478. The number of thiazole rings is 1. The van der Waals surface area contributed by atoms with Gasteiger partial charge in [-0.05, 0) is 6.07 Å². The first kappa shape index (κ1) is 8.00. The maximum atomic E-state index is 10.9. The number of aromatic hydroxyl groups is 1. The highest BCUT2D eigenvalue weighted by molar-refractivity contribution is 7.18. The molecule has 0 unspecified atom stereocenters. The summed E-state index contributed by atoms with van der Waals surface area (Å²) < 4.78 is 1.52. The summed E-state index contributed by atoms with van der Waals surface area (Å²) in [5.41, 5.74) is 5.08. The molecule has 66 valence electrons. The van der Waals surface area contributed by atoms with Gasteiger partial charge in [0.05, 0.1) is 0 Å². The number of hydrogen-bond acceptors (Lipinski definition) is 3. The monoisotopic (exact) mass is 195 g/mol. The number of carbonyl (C=O) groups is 1. The Kier molecular flexibility index (Phi) is 1.66. The van der Waals surface area contributed by atoms with E-state index in [9.17, 15) is 9.90 Å². The number of nitrogens with zero attached hydrogens (tertiary/aromatic N) is 1. The van der Waals surface area contributed by atoms with Crippen molar-refractivity contribution in [1.82, 2.24) is 0 Å². The van der Waals surface area contributed by atoms with Crippen LogP contribution in [0.5, 0.6) is 5.88 Å². The third-order valence-corrected chi connectivity index (χ3v) is 2.81. The van der Waals surface area contributed by atoms with Crippen LogP contribution < -0.4 is 10.1 Å². The van der Waals surface area contributed by atoms with Gasteiger partial charge in [0.2, 0.25) is 4.88 Å². The Balaban J connectivity index is 2.81. The highest BCUT2D eigenvalue weighted by atomic mass is 32.1. The van der Waals surface area contributed by atoms with Crippen molar-refractivity contribution < 1.29 is 14.3 Å². The van der Waals surface area contributed by atoms with Crippen LogP contribution in [0.2, 0.25) is 0 Å². The fourth-order valence-corrected chi connectivity index (χ4v) is 2.00. The van der Waals surface area contributed by atoms with Crippen molar-refractivity contribution in [3.63, 3.8) is 0 Å². The van der Waals surface area contributed by atoms with Crippen LogP contribution in [0.4, 0.5) is 0 Å². The van der Waals surface area contributed by atoms with E-state index < -0.39 is 5.91 Å². The number of fused-ring (bicyclic) bond motifs is 1. The average Bonchev–Trinajstić information content (AvgIpc) is 2.45. The van der Waals surface area contributed by atoms with E-state index in [0.717, 1.165) is 4.83 Å². The smallest absolute Gasteiger partial charge is 0.395 e. The second kappa shape index (κ2) is 2.70. The first-order valence-corrected chi connectivity index (χ1v) is 4.44. The Morgan fingerprint density at radius 2 is 2.31 bits per heavy atom. The molecule has 1 amide bonds. The molecule has 2 heterocycles. The largest absolute Gasteiger partial charge is 0.458 e. The molecular weight excluding hydrogens is 188 g/mol. The molecule has 2 aromatic rings. The number of amides is 1. The lowest BCUT2D eigenvalue weighted by Crippen LogP contribution is -2.19. The standard InChI is InChI=1S/C8H6N2O2S/c9-7(11)6-8(12)10-4-2-1-3-5(10)13-6/h1-4H,(H2-,9,11,12)/p+1. The van der Waals surface area contributed by atoms with Crippen LogP contribution in [0, 0.1) is 0 Å². The molecule has 0 aliphatic carbocycles. The fraction of sp³-hybridized carbons (Fsp3) is 0. The third kappa shape index (κ3) is 1.13. The van der Waals surface area contributed by atoms with E-state index >= 15 is 0 Å². The van der Waals surface area contributed by atoms with Crippen molar-refractivity contribution in [2.45, 2.75) is 0 Å². The van der Waals surface area contributed by atoms with E-state index in [4.69, 9.17) is 5.73 Å². The molecule has 3 N–H and O–H groups in total. The van der Waals surface area contributed by atoms with Gasteiger partial charge in [0.1, 0.15) is 0 Å². The van der Waals surface area contributed by atoms with Crippen molar-refractivity contribution in [2.24, 2.45) is 5.73 Å². The van der Waals surface area contributed by atoms with Crippen LogP contribution in [-0.2, 0) is 0 Å². The van der Waals surface area contributed by atoms with Gasteiger partial charge in [0, 0.05) is 12.1 Å². The predicted molar refractivity (Wildman–Crippen MR) is 47.7 cm³/mol. The fourth-order valence-electron chi connectivity index (χ4n) is 1.11. The van der Waals surface area contributed by atoms with Gasteiger partial charge in [-0.3, -0.25) is 4.79 Å². The lowest BCUT2D eigenvalue weighted by Gasteiger charge is -1.82. The summed E-state index contributed by atoms with van der Waals surface area (Å²) in [5, 5.41) is 9.53. The normalized spacial score (nSPS) is 10.5. The Labute approximate surface area is 77.9 Å². The van der Waals surface area contributed by atoms with Crippen LogP contribution in [0.15, 0.2) is 24.4 Å². The second-order valence-electron chi connectivity index (χ2n) is 2.53. The van der Waals surface area contributed by atoms with E-state index in [1.165, 1.54) is 15.7 Å². The summed E-state index contributed by atoms with van der Waals surface area (Å²) in [6.07, 6.45) is 1.67. The van der Waals surface area contributed by atoms with Crippen LogP contribution in [0.1, 0.15) is 9.67 Å². The molecule has 5 heteroatoms. The molecule has 2 aromatic heterocycles. The first-order chi connectivity index (χ1) is 6.20. The van der Waals surface area contributed by atoms with Crippen molar-refractivity contribution >= 4 is 22.1 Å². The molecule has 0 aromatic carbocycles. The molecule has 0 aliphatic rings. The van der Waals surface area contributed by atoms with Crippen LogP contribution >= 0.6 is 11.3 Å². The molecule has 4 nitrogen and oxygen atoms in total. The van der Waals surface area contributed by atoms with Gasteiger partial charge in [-0.1, -0.05) is 11.3 Å². The summed E-state index contributed by atoms with van der Waals surface area (Å²) >= 11 is 1.17. The van der Waals surface area contributed by atoms with Gasteiger partial charge in [-0.15, -0.1) is 4.40 Å². The van der Waals surface area contributed by atoms with Crippen LogP contribution in [-0.4, -0.2) is 11.0 Å². The summed E-state index contributed by atoms with van der Waals surface area (Å²) in [4.78, 5) is 11.8. The Morgan fingerprint density at radius 3 is 2.92 bits per heavy atom. The summed E-state index contributed by atoms with van der Waals surface area (Å²) in [5.74, 6) is -0.695. The van der Waals surface area contributed by atoms with Crippen molar-refractivity contribution in [1.29, 1.82) is 0 Å². The SMILES string of the molecule is NC(=O)c1sc2cccc[n+]2c1O. The number of rotatable bonds is 1. The maximum Gasteiger partial charge on any atom is 0.395 e. The van der Waals surface area contributed by atoms with E-state index in [2.05, 4.69) is 0 Å². The number of pyridine rings is 1. The zero-order valence-corrected chi connectivity index (χ0v) is 7.41. The number of carbonyl (C=O) groups excluding carboxylic acids is 1. The van der Waals surface area contributed by atoms with Gasteiger partial charge < -0.3 is 10.8 Å². The molecule has 0 saturated carbocycles. The number of primary amides is 1. The van der Waals surface area contributed by atoms with E-state index in [1.807, 2.05) is 6.07 Å². The topological polar surface area (TPSA) is 67.4 Å². The summed E-state index contributed by atoms with van der Waals surface area (Å²) in [6.45, 7) is 0. The molecule has 0 spiro atoms. The number of aromatic nitrogens is 1. The Hall–Kier alpha value is -1.62. The highest BCUT2D eigenvalue weighted by Crippen LogP contribution is 2.21. The molecule has 0 atom stereocenters. The van der Waals surface area contributed by atoms with E-state index in [1.54, 1.807) is 18.3 Å². The number of hydrogen-bond donors (Lipinski definition) is 2. The maximum absolute atomic E-state index is 10.9. The molecule has 0 radical (unpaired) electrons. The molecule has 0 bridgehead atoms. The minimum atomic E-state index is -0.605. The quantitative estimate of drug-likeness (QED) is 0.642. The van der Waals surface area contributed by atoms with Gasteiger partial charge in [-0.2, -0.15) is 0 Å². The first-order valence-electron chi connectivity index (χ1n) is 3.62. The molecular formula is C8H7N2O2S+. The molecule has 0 saturated heterocycles. The zero-order chi connectivity index (χ0) is 9.42. The van der Waals surface area contributed by atoms with Crippen LogP contribution in [0.25, 0.3) is 4.83 Å². The second-order valence-corrected chi connectivity index (χ2v) is 3.56. The summed E-state index contributed by atoms with van der Waals surface area (Å²) in [6, 6.07) is 5.40. The van der Waals surface area contributed by atoms with Crippen LogP contribution in [0.3, 0.4) is 0 Å². The zero-order valence-electron chi connectivity index (χ0n) is 6.60. The molecule has 2 rings (SSSR count). The van der Waals surface area contributed by atoms with E-state index in [-0.39, 0.29) is 10.8 Å². The van der Waals surface area contributed by atoms with Crippen molar-refractivity contribution in [3.05, 3.63) is 29.3 Å². The van der Waals surface area contributed by atoms with Gasteiger partial charge in [-0.25, -0.2) is 0 Å². The van der Waals surface area contributed by atoms with Gasteiger partial charge >= 0.3 is 5.88 Å². The molecule has 0 fully saturated rings. The van der Waals surface area contributed by atoms with Crippen molar-refractivity contribution in [2.75, 3.05) is 0 Å². The lowest BCUT2D eigenvalue weighted by molar-refractivity contribution is -0.518. The van der Waals surface area contributed by atoms with Gasteiger partial charge in [0.15, 0.2) is 6.20 Å². The number of nitrogens with two attached hydrogens (primary N) is 1. The third-order valence-electron chi connectivity index (χ3n) is 1.68. The predicted octanol–water partition coefficient (Wildman–Crippen LogP) is 0.291. The van der Waals surface area contributed by atoms with Gasteiger partial charge in [0.25, 0.3) is 10.7 Å². The van der Waals surface area contributed by atoms with E-state index in [0.29, 0.717) is 0 Å². The molecule has 13 heavy (non-hydrogen) atoms. The minimum Gasteiger partial charge on any atom is -0.458 e. The summed E-state index contributed by atoms with van der Waals surface area (Å²) in [7, 11) is 0. The highest BCUT2D eigenvalue weighted by Gasteiger charge is 2.23.